The molecule has 5 rings (SSSR count). The van der Waals surface area contributed by atoms with E-state index in [1.807, 2.05) is 35.1 Å². The van der Waals surface area contributed by atoms with Crippen LogP contribution in [0.2, 0.25) is 0 Å². The van der Waals surface area contributed by atoms with Crippen molar-refractivity contribution in [3.8, 4) is 23.0 Å². The highest BCUT2D eigenvalue weighted by Gasteiger charge is 2.26. The van der Waals surface area contributed by atoms with Crippen molar-refractivity contribution in [2.75, 3.05) is 6.26 Å². The van der Waals surface area contributed by atoms with Gasteiger partial charge in [-0.25, -0.2) is 9.37 Å². The summed E-state index contributed by atoms with van der Waals surface area (Å²) < 4.78 is 26.6. The van der Waals surface area contributed by atoms with Crippen LogP contribution in [-0.4, -0.2) is 25.9 Å². The second-order valence-corrected chi connectivity index (χ2v) is 7.57. The van der Waals surface area contributed by atoms with Gasteiger partial charge in [0.2, 0.25) is 5.82 Å². The van der Waals surface area contributed by atoms with Crippen LogP contribution in [0.4, 0.5) is 4.39 Å². The summed E-state index contributed by atoms with van der Waals surface area (Å²) in [6, 6.07) is 14.4. The summed E-state index contributed by atoms with van der Waals surface area (Å²) in [5.74, 6) is 0.632. The minimum atomic E-state index is -0.259. The summed E-state index contributed by atoms with van der Waals surface area (Å²) >= 11 is 1.68. The van der Waals surface area contributed by atoms with Crippen LogP contribution in [0, 0.1) is 5.82 Å². The summed E-state index contributed by atoms with van der Waals surface area (Å²) in [7, 11) is 0. The van der Waals surface area contributed by atoms with Crippen molar-refractivity contribution in [1.82, 2.24) is 19.7 Å². The van der Waals surface area contributed by atoms with Crippen LogP contribution in [0.15, 0.2) is 64.3 Å². The highest BCUT2D eigenvalue weighted by Crippen LogP contribution is 2.32. The Kier molecular flexibility index (Phi) is 4.65. The molecule has 8 heteroatoms. The fourth-order valence-corrected chi connectivity index (χ4v) is 3.77. The van der Waals surface area contributed by atoms with E-state index in [9.17, 15) is 4.39 Å². The fraction of sp³-hybridized carbons (Fsp3) is 0.190. The van der Waals surface area contributed by atoms with Crippen LogP contribution in [0.25, 0.3) is 23.0 Å². The Labute approximate surface area is 170 Å². The molecule has 0 amide bonds. The van der Waals surface area contributed by atoms with E-state index >= 15 is 0 Å². The zero-order chi connectivity index (χ0) is 19.8. The summed E-state index contributed by atoms with van der Waals surface area (Å²) in [6.45, 7) is 0.947. The maximum Gasteiger partial charge on any atom is 0.278 e. The first-order chi connectivity index (χ1) is 14.2. The molecule has 29 heavy (non-hydrogen) atoms. The Balaban J connectivity index is 1.39. The van der Waals surface area contributed by atoms with E-state index < -0.39 is 0 Å². The molecule has 146 valence electrons. The van der Waals surface area contributed by atoms with Crippen LogP contribution in [-0.2, 0) is 17.9 Å². The lowest BCUT2D eigenvalue weighted by Gasteiger charge is -2.25. The van der Waals surface area contributed by atoms with E-state index in [2.05, 4.69) is 15.1 Å². The molecule has 1 aliphatic rings. The number of imidazole rings is 1. The van der Waals surface area contributed by atoms with Crippen molar-refractivity contribution in [3.63, 3.8) is 0 Å². The number of hydrogen-bond acceptors (Lipinski definition) is 6. The molecule has 0 spiro atoms. The lowest BCUT2D eigenvalue weighted by molar-refractivity contribution is 0.00326. The van der Waals surface area contributed by atoms with Crippen LogP contribution >= 0.6 is 11.8 Å². The van der Waals surface area contributed by atoms with E-state index in [4.69, 9.17) is 9.26 Å². The molecule has 0 aliphatic carbocycles. The van der Waals surface area contributed by atoms with Gasteiger partial charge in [-0.3, -0.25) is 0 Å². The molecule has 2 aromatic heterocycles. The van der Waals surface area contributed by atoms with Crippen molar-refractivity contribution in [3.05, 3.63) is 71.9 Å². The molecule has 0 N–H and O–H groups in total. The Morgan fingerprint density at radius 2 is 1.90 bits per heavy atom. The average molecular weight is 408 g/mol. The van der Waals surface area contributed by atoms with Gasteiger partial charge in [-0.1, -0.05) is 17.3 Å². The zero-order valence-electron chi connectivity index (χ0n) is 15.6. The van der Waals surface area contributed by atoms with Crippen molar-refractivity contribution in [1.29, 1.82) is 0 Å². The molecule has 4 aromatic rings. The van der Waals surface area contributed by atoms with Crippen molar-refractivity contribution < 1.29 is 13.7 Å². The van der Waals surface area contributed by atoms with Crippen LogP contribution in [0.3, 0.4) is 0 Å². The monoisotopic (exact) mass is 408 g/mol. The standard InChI is InChI=1S/C21H17FN4O2S/c1-29-16-8-4-14(5-9-16)20-24-21(28-25-20)19-17-11-27-18(10-26(17)12-23-19)13-2-6-15(22)7-3-13/h2-9,12,18H,10-11H2,1H3/t18-/m1/s1. The number of hydrogen-bond donors (Lipinski definition) is 0. The third kappa shape index (κ3) is 3.45. The molecule has 0 radical (unpaired) electrons. The van der Waals surface area contributed by atoms with Gasteiger partial charge in [-0.15, -0.1) is 11.8 Å². The third-order valence-corrected chi connectivity index (χ3v) is 5.69. The van der Waals surface area contributed by atoms with Crippen LogP contribution in [0.1, 0.15) is 17.4 Å². The zero-order valence-corrected chi connectivity index (χ0v) is 16.4. The summed E-state index contributed by atoms with van der Waals surface area (Å²) in [6.07, 6.45) is 3.63. The molecule has 0 unspecified atom stereocenters. The molecular formula is C21H17FN4O2S. The topological polar surface area (TPSA) is 66.0 Å². The minimum Gasteiger partial charge on any atom is -0.365 e. The molecule has 0 bridgehead atoms. The van der Waals surface area contributed by atoms with Crippen molar-refractivity contribution in [2.45, 2.75) is 24.2 Å². The van der Waals surface area contributed by atoms with E-state index in [1.54, 1.807) is 30.2 Å². The summed E-state index contributed by atoms with van der Waals surface area (Å²) in [5, 5.41) is 4.10. The SMILES string of the molecule is CSc1ccc(-c2noc(-c3ncn4c3CO[C@@H](c3ccc(F)cc3)C4)n2)cc1. The first kappa shape index (κ1) is 18.1. The van der Waals surface area contributed by atoms with E-state index in [-0.39, 0.29) is 11.9 Å². The largest absolute Gasteiger partial charge is 0.365 e. The molecule has 3 heterocycles. The number of rotatable bonds is 4. The highest BCUT2D eigenvalue weighted by molar-refractivity contribution is 7.98. The Morgan fingerprint density at radius 1 is 1.10 bits per heavy atom. The van der Waals surface area contributed by atoms with Crippen LogP contribution < -0.4 is 0 Å². The first-order valence-corrected chi connectivity index (χ1v) is 10.3. The van der Waals surface area contributed by atoms with Crippen molar-refractivity contribution in [2.24, 2.45) is 0 Å². The van der Waals surface area contributed by atoms with Gasteiger partial charge in [-0.05, 0) is 48.2 Å². The van der Waals surface area contributed by atoms with Crippen molar-refractivity contribution >= 4 is 11.8 Å². The molecule has 0 saturated carbocycles. The van der Waals surface area contributed by atoms with E-state index in [0.717, 1.165) is 16.8 Å². The fourth-order valence-electron chi connectivity index (χ4n) is 3.36. The number of halogens is 1. The molecule has 0 saturated heterocycles. The molecular weight excluding hydrogens is 391 g/mol. The van der Waals surface area contributed by atoms with Crippen LogP contribution in [0.5, 0.6) is 0 Å². The van der Waals surface area contributed by atoms with Gasteiger partial charge in [-0.2, -0.15) is 4.98 Å². The molecule has 1 aliphatic heterocycles. The van der Waals surface area contributed by atoms with Gasteiger partial charge in [0.15, 0.2) is 5.69 Å². The average Bonchev–Trinajstić information content (AvgIpc) is 3.41. The third-order valence-electron chi connectivity index (χ3n) is 4.95. The number of benzene rings is 2. The summed E-state index contributed by atoms with van der Waals surface area (Å²) in [4.78, 5) is 10.2. The number of nitrogens with zero attached hydrogens (tertiary/aromatic N) is 4. The molecule has 6 nitrogen and oxygen atoms in total. The quantitative estimate of drug-likeness (QED) is 0.455. The highest BCUT2D eigenvalue weighted by atomic mass is 32.2. The Bertz CT molecular complexity index is 1140. The van der Waals surface area contributed by atoms with Gasteiger partial charge in [0.25, 0.3) is 5.89 Å². The number of ether oxygens (including phenoxy) is 1. The van der Waals surface area contributed by atoms with Gasteiger partial charge in [0.05, 0.1) is 25.2 Å². The maximum atomic E-state index is 13.2. The minimum absolute atomic E-state index is 0.154. The number of thioether (sulfide) groups is 1. The predicted octanol–water partition coefficient (Wildman–Crippen LogP) is 4.73. The maximum absolute atomic E-state index is 13.2. The molecule has 0 fully saturated rings. The van der Waals surface area contributed by atoms with Gasteiger partial charge in [0.1, 0.15) is 11.9 Å². The second-order valence-electron chi connectivity index (χ2n) is 6.70. The van der Waals surface area contributed by atoms with Gasteiger partial charge < -0.3 is 13.8 Å². The number of fused-ring (bicyclic) bond motifs is 1. The van der Waals surface area contributed by atoms with Gasteiger partial charge in [0, 0.05) is 10.5 Å². The predicted molar refractivity (Wildman–Crippen MR) is 107 cm³/mol. The summed E-state index contributed by atoms with van der Waals surface area (Å²) in [5.41, 5.74) is 3.33. The second kappa shape index (κ2) is 7.46. The Hall–Kier alpha value is -2.97. The molecule has 1 atom stereocenters. The lowest BCUT2D eigenvalue weighted by Crippen LogP contribution is -2.20. The number of aromatic nitrogens is 4. The Morgan fingerprint density at radius 3 is 2.66 bits per heavy atom. The molecule has 2 aromatic carbocycles. The first-order valence-electron chi connectivity index (χ1n) is 9.11. The normalized spacial score (nSPS) is 16.0. The lowest BCUT2D eigenvalue weighted by atomic mass is 10.1. The smallest absolute Gasteiger partial charge is 0.278 e. The van der Waals surface area contributed by atoms with E-state index in [0.29, 0.717) is 30.6 Å². The van der Waals surface area contributed by atoms with E-state index in [1.165, 1.54) is 17.0 Å². The van der Waals surface area contributed by atoms with Gasteiger partial charge >= 0.3 is 0 Å².